The molecular weight excluding hydrogens is 282 g/mol. The van der Waals surface area contributed by atoms with Crippen LogP contribution in [-0.2, 0) is 6.54 Å². The van der Waals surface area contributed by atoms with Crippen LogP contribution in [0.15, 0.2) is 24.5 Å². The fourth-order valence-corrected chi connectivity index (χ4v) is 2.29. The number of rotatable bonds is 3. The van der Waals surface area contributed by atoms with Crippen LogP contribution in [0.25, 0.3) is 0 Å². The number of hydrogen-bond acceptors (Lipinski definition) is 4. The van der Waals surface area contributed by atoms with Crippen molar-refractivity contribution in [3.8, 4) is 11.5 Å². The summed E-state index contributed by atoms with van der Waals surface area (Å²) >= 11 is 6.08. The van der Waals surface area contributed by atoms with Gasteiger partial charge in [-0.2, -0.15) is 5.10 Å². The van der Waals surface area contributed by atoms with Crippen molar-refractivity contribution in [1.82, 2.24) is 15.1 Å². The third kappa shape index (κ3) is 2.30. The number of ether oxygens (including phenoxy) is 2. The molecule has 20 heavy (non-hydrogen) atoms. The summed E-state index contributed by atoms with van der Waals surface area (Å²) < 4.78 is 10.5. The predicted octanol–water partition coefficient (Wildman–Crippen LogP) is 2.06. The van der Waals surface area contributed by atoms with Gasteiger partial charge in [-0.3, -0.25) is 9.89 Å². The van der Waals surface area contributed by atoms with E-state index in [4.69, 9.17) is 21.1 Å². The Bertz CT molecular complexity index is 643. The van der Waals surface area contributed by atoms with E-state index in [1.807, 2.05) is 0 Å². The molecule has 1 amide bonds. The second-order valence-corrected chi connectivity index (χ2v) is 4.87. The maximum atomic E-state index is 12.4. The molecule has 0 aliphatic carbocycles. The van der Waals surface area contributed by atoms with Gasteiger partial charge in [0.05, 0.1) is 11.2 Å². The number of nitrogens with zero attached hydrogens (tertiary/aromatic N) is 2. The smallest absolute Gasteiger partial charge is 0.254 e. The van der Waals surface area contributed by atoms with Gasteiger partial charge < -0.3 is 14.4 Å². The van der Waals surface area contributed by atoms with Crippen molar-refractivity contribution in [2.75, 3.05) is 13.8 Å². The van der Waals surface area contributed by atoms with Crippen LogP contribution in [0.5, 0.6) is 11.5 Å². The van der Waals surface area contributed by atoms with E-state index in [1.54, 1.807) is 36.5 Å². The Balaban J connectivity index is 1.82. The molecule has 0 spiro atoms. The third-order valence-corrected chi connectivity index (χ3v) is 3.28. The predicted molar refractivity (Wildman–Crippen MR) is 72.0 cm³/mol. The van der Waals surface area contributed by atoms with Gasteiger partial charge in [0.1, 0.15) is 0 Å². The molecule has 0 radical (unpaired) electrons. The lowest BCUT2D eigenvalue weighted by Crippen LogP contribution is -2.26. The monoisotopic (exact) mass is 293 g/mol. The minimum absolute atomic E-state index is 0.123. The molecule has 1 aromatic carbocycles. The summed E-state index contributed by atoms with van der Waals surface area (Å²) in [6.45, 7) is 0.582. The van der Waals surface area contributed by atoms with Crippen molar-refractivity contribution < 1.29 is 14.3 Å². The molecule has 3 rings (SSSR count). The first-order valence-electron chi connectivity index (χ1n) is 5.97. The summed E-state index contributed by atoms with van der Waals surface area (Å²) in [6.07, 6.45) is 3.42. The first kappa shape index (κ1) is 12.8. The van der Waals surface area contributed by atoms with Gasteiger partial charge in [0.25, 0.3) is 5.91 Å². The van der Waals surface area contributed by atoms with Crippen molar-refractivity contribution in [2.45, 2.75) is 6.54 Å². The number of aromatic amines is 1. The molecular formula is C13H12ClN3O3. The van der Waals surface area contributed by atoms with Gasteiger partial charge in [-0.1, -0.05) is 11.6 Å². The molecule has 1 aliphatic rings. The Kier molecular flexibility index (Phi) is 3.23. The minimum Gasteiger partial charge on any atom is -0.454 e. The summed E-state index contributed by atoms with van der Waals surface area (Å²) in [6, 6.07) is 3.23. The van der Waals surface area contributed by atoms with Crippen molar-refractivity contribution in [3.05, 3.63) is 40.7 Å². The molecule has 0 unspecified atom stereocenters. The maximum Gasteiger partial charge on any atom is 0.254 e. The molecule has 0 bridgehead atoms. The Morgan fingerprint density at radius 3 is 3.10 bits per heavy atom. The quantitative estimate of drug-likeness (QED) is 0.940. The topological polar surface area (TPSA) is 67.5 Å². The molecule has 1 aromatic heterocycles. The van der Waals surface area contributed by atoms with Crippen molar-refractivity contribution >= 4 is 17.5 Å². The van der Waals surface area contributed by atoms with Crippen LogP contribution >= 0.6 is 11.6 Å². The largest absolute Gasteiger partial charge is 0.454 e. The molecule has 2 aromatic rings. The molecule has 0 saturated carbocycles. The molecule has 1 aliphatic heterocycles. The zero-order chi connectivity index (χ0) is 14.1. The summed E-state index contributed by atoms with van der Waals surface area (Å²) in [4.78, 5) is 13.9. The lowest BCUT2D eigenvalue weighted by atomic mass is 10.1. The van der Waals surface area contributed by atoms with Gasteiger partial charge in [0.15, 0.2) is 11.5 Å². The minimum atomic E-state index is -0.147. The van der Waals surface area contributed by atoms with Crippen LogP contribution in [-0.4, -0.2) is 34.8 Å². The number of carbonyl (C=O) groups excluding carboxylic acids is 1. The number of carbonyl (C=O) groups is 1. The molecule has 104 valence electrons. The SMILES string of the molecule is CN(Cc1cn[nH]c1)C(=O)c1cc(Cl)c2c(c1)OCO2. The molecule has 7 heteroatoms. The highest BCUT2D eigenvalue weighted by atomic mass is 35.5. The Hall–Kier alpha value is -2.21. The maximum absolute atomic E-state index is 12.4. The van der Waals surface area contributed by atoms with Gasteiger partial charge in [0.2, 0.25) is 6.79 Å². The highest BCUT2D eigenvalue weighted by Gasteiger charge is 2.22. The van der Waals surface area contributed by atoms with Gasteiger partial charge in [-0.05, 0) is 12.1 Å². The van der Waals surface area contributed by atoms with E-state index in [0.717, 1.165) is 5.56 Å². The third-order valence-electron chi connectivity index (χ3n) is 3.00. The number of halogens is 1. The normalized spacial score (nSPS) is 12.5. The van der Waals surface area contributed by atoms with Crippen LogP contribution in [0.4, 0.5) is 0 Å². The first-order valence-corrected chi connectivity index (χ1v) is 6.35. The fraction of sp³-hybridized carbons (Fsp3) is 0.231. The second kappa shape index (κ2) is 5.05. The van der Waals surface area contributed by atoms with E-state index in [0.29, 0.717) is 28.6 Å². The van der Waals surface area contributed by atoms with Crippen LogP contribution in [0, 0.1) is 0 Å². The molecule has 1 N–H and O–H groups in total. The average Bonchev–Trinajstić information content (AvgIpc) is 3.08. The summed E-state index contributed by atoms with van der Waals surface area (Å²) in [5.74, 6) is 0.838. The fourth-order valence-electron chi connectivity index (χ4n) is 2.02. The Labute approximate surface area is 120 Å². The van der Waals surface area contributed by atoms with E-state index >= 15 is 0 Å². The number of hydrogen-bond donors (Lipinski definition) is 1. The van der Waals surface area contributed by atoms with Crippen molar-refractivity contribution in [1.29, 1.82) is 0 Å². The standard InChI is InChI=1S/C13H12ClN3O3/c1-17(6-8-4-15-16-5-8)13(18)9-2-10(14)12-11(3-9)19-7-20-12/h2-5H,6-7H2,1H3,(H,15,16). The summed E-state index contributed by atoms with van der Waals surface area (Å²) in [7, 11) is 1.72. The van der Waals surface area contributed by atoms with E-state index < -0.39 is 0 Å². The lowest BCUT2D eigenvalue weighted by Gasteiger charge is -2.16. The number of aromatic nitrogens is 2. The average molecular weight is 294 g/mol. The zero-order valence-corrected chi connectivity index (χ0v) is 11.5. The molecule has 6 nitrogen and oxygen atoms in total. The second-order valence-electron chi connectivity index (χ2n) is 4.46. The van der Waals surface area contributed by atoms with Crippen molar-refractivity contribution in [3.63, 3.8) is 0 Å². The first-order chi connectivity index (χ1) is 9.65. The Morgan fingerprint density at radius 1 is 1.50 bits per heavy atom. The molecule has 2 heterocycles. The highest BCUT2D eigenvalue weighted by molar-refractivity contribution is 6.32. The van der Waals surface area contributed by atoms with Crippen molar-refractivity contribution in [2.24, 2.45) is 0 Å². The molecule has 0 atom stereocenters. The highest BCUT2D eigenvalue weighted by Crippen LogP contribution is 2.39. The lowest BCUT2D eigenvalue weighted by molar-refractivity contribution is 0.0784. The van der Waals surface area contributed by atoms with Crippen LogP contribution in [0.1, 0.15) is 15.9 Å². The van der Waals surface area contributed by atoms with Crippen LogP contribution in [0.2, 0.25) is 5.02 Å². The van der Waals surface area contributed by atoms with E-state index in [9.17, 15) is 4.79 Å². The number of fused-ring (bicyclic) bond motifs is 1. The Morgan fingerprint density at radius 2 is 2.35 bits per heavy atom. The number of amides is 1. The number of H-pyrrole nitrogens is 1. The summed E-state index contributed by atoms with van der Waals surface area (Å²) in [5.41, 5.74) is 1.39. The van der Waals surface area contributed by atoms with Crippen LogP contribution in [0.3, 0.4) is 0 Å². The van der Waals surface area contributed by atoms with Gasteiger partial charge in [-0.25, -0.2) is 0 Å². The van der Waals surface area contributed by atoms with Gasteiger partial charge in [-0.15, -0.1) is 0 Å². The molecule has 0 fully saturated rings. The number of benzene rings is 1. The zero-order valence-electron chi connectivity index (χ0n) is 10.7. The van der Waals surface area contributed by atoms with E-state index in [2.05, 4.69) is 10.2 Å². The van der Waals surface area contributed by atoms with Gasteiger partial charge in [0, 0.05) is 30.9 Å². The number of nitrogens with one attached hydrogen (secondary N) is 1. The van der Waals surface area contributed by atoms with Crippen LogP contribution < -0.4 is 9.47 Å². The van der Waals surface area contributed by atoms with E-state index in [-0.39, 0.29) is 12.7 Å². The summed E-state index contributed by atoms with van der Waals surface area (Å²) in [5, 5.41) is 6.93. The van der Waals surface area contributed by atoms with E-state index in [1.165, 1.54) is 0 Å². The van der Waals surface area contributed by atoms with Gasteiger partial charge >= 0.3 is 0 Å². The molecule has 0 saturated heterocycles.